The van der Waals surface area contributed by atoms with Gasteiger partial charge in [0, 0.05) is 23.5 Å². The van der Waals surface area contributed by atoms with Crippen LogP contribution in [0.3, 0.4) is 0 Å². The number of hydrogen-bond acceptors (Lipinski definition) is 7. The van der Waals surface area contributed by atoms with Gasteiger partial charge in [-0.15, -0.1) is 0 Å². The Labute approximate surface area is 199 Å². The Kier molecular flexibility index (Phi) is 4.50. The van der Waals surface area contributed by atoms with E-state index < -0.39 is 40.0 Å². The predicted octanol–water partition coefficient (Wildman–Crippen LogP) is 3.54. The fourth-order valence-corrected chi connectivity index (χ4v) is 5.88. The van der Waals surface area contributed by atoms with E-state index >= 15 is 0 Å². The summed E-state index contributed by atoms with van der Waals surface area (Å²) >= 11 is 0. The van der Waals surface area contributed by atoms with Gasteiger partial charge in [0.15, 0.2) is 5.75 Å². The Morgan fingerprint density at radius 1 is 0.943 bits per heavy atom. The highest BCUT2D eigenvalue weighted by molar-refractivity contribution is 6.08. The zero-order chi connectivity index (χ0) is 24.4. The Morgan fingerprint density at radius 3 is 1.86 bits per heavy atom. The molecule has 1 aliphatic heterocycles. The normalized spacial score (nSPS) is 23.9. The van der Waals surface area contributed by atoms with Gasteiger partial charge in [-0.2, -0.15) is 10.1 Å². The number of benzene rings is 3. The molecule has 174 valence electrons. The number of aromatic hydroxyl groups is 1. The summed E-state index contributed by atoms with van der Waals surface area (Å²) in [5, 5.41) is 26.3. The molecule has 2 atom stereocenters. The summed E-state index contributed by atoms with van der Waals surface area (Å²) < 4.78 is 5.01. The number of rotatable bonds is 4. The van der Waals surface area contributed by atoms with Crippen LogP contribution in [0.4, 0.5) is 5.69 Å². The molecule has 1 saturated heterocycles. The van der Waals surface area contributed by atoms with Crippen LogP contribution in [0.2, 0.25) is 0 Å². The molecule has 7 rings (SSSR count). The summed E-state index contributed by atoms with van der Waals surface area (Å²) in [6.45, 7) is 0. The van der Waals surface area contributed by atoms with Crippen LogP contribution in [0, 0.1) is 22.0 Å². The smallest absolute Gasteiger partial charge is 0.315 e. The molecule has 1 fully saturated rings. The number of hydrogen-bond donors (Lipinski definition) is 1. The van der Waals surface area contributed by atoms with Crippen LogP contribution >= 0.6 is 0 Å². The van der Waals surface area contributed by atoms with Crippen LogP contribution < -0.4 is 4.74 Å². The molecule has 3 aliphatic carbocycles. The quantitative estimate of drug-likeness (QED) is 0.270. The highest BCUT2D eigenvalue weighted by Crippen LogP contribution is 2.60. The van der Waals surface area contributed by atoms with E-state index in [4.69, 9.17) is 4.74 Å². The van der Waals surface area contributed by atoms with Crippen LogP contribution in [0.1, 0.15) is 39.7 Å². The molecular weight excluding hydrogens is 450 g/mol. The Balaban J connectivity index is 1.41. The first-order valence-electron chi connectivity index (χ1n) is 11.1. The zero-order valence-corrected chi connectivity index (χ0v) is 18.5. The molecule has 35 heavy (non-hydrogen) atoms. The van der Waals surface area contributed by atoms with Gasteiger partial charge in [0.1, 0.15) is 0 Å². The minimum absolute atomic E-state index is 0.114. The zero-order valence-electron chi connectivity index (χ0n) is 18.5. The van der Waals surface area contributed by atoms with Crippen LogP contribution in [0.25, 0.3) is 0 Å². The molecule has 3 aromatic rings. The van der Waals surface area contributed by atoms with Gasteiger partial charge in [-0.05, 0) is 28.3 Å². The molecule has 3 aromatic carbocycles. The molecule has 1 N–H and O–H groups in total. The maximum absolute atomic E-state index is 13.6. The van der Waals surface area contributed by atoms with Crippen molar-refractivity contribution < 1.29 is 24.4 Å². The molecule has 2 bridgehead atoms. The molecule has 2 unspecified atom stereocenters. The summed E-state index contributed by atoms with van der Waals surface area (Å²) in [7, 11) is 1.27. The molecule has 9 heteroatoms. The second-order valence-corrected chi connectivity index (χ2v) is 8.85. The van der Waals surface area contributed by atoms with Crippen molar-refractivity contribution in [2.45, 2.75) is 11.8 Å². The van der Waals surface area contributed by atoms with Crippen molar-refractivity contribution in [2.75, 3.05) is 7.11 Å². The van der Waals surface area contributed by atoms with Gasteiger partial charge in [-0.25, -0.2) is 0 Å². The lowest BCUT2D eigenvalue weighted by molar-refractivity contribution is -0.386. The molecule has 0 saturated carbocycles. The number of imide groups is 1. The summed E-state index contributed by atoms with van der Waals surface area (Å²) in [6, 6.07) is 18.3. The summed E-state index contributed by atoms with van der Waals surface area (Å²) in [4.78, 5) is 37.7. The number of nitro benzene ring substituents is 1. The van der Waals surface area contributed by atoms with Crippen molar-refractivity contribution >= 4 is 23.7 Å². The highest BCUT2D eigenvalue weighted by atomic mass is 16.6. The molecule has 4 aliphatic rings. The van der Waals surface area contributed by atoms with E-state index in [1.165, 1.54) is 19.4 Å². The summed E-state index contributed by atoms with van der Waals surface area (Å²) in [5.74, 6) is -3.14. The second kappa shape index (κ2) is 7.49. The van der Waals surface area contributed by atoms with Crippen molar-refractivity contribution in [1.82, 2.24) is 5.01 Å². The number of amides is 2. The first-order valence-corrected chi connectivity index (χ1v) is 11.1. The van der Waals surface area contributed by atoms with Crippen molar-refractivity contribution in [1.29, 1.82) is 0 Å². The summed E-state index contributed by atoms with van der Waals surface area (Å²) in [5.41, 5.74) is 3.87. The lowest BCUT2D eigenvalue weighted by Gasteiger charge is -2.45. The van der Waals surface area contributed by atoms with E-state index in [2.05, 4.69) is 5.10 Å². The average molecular weight is 469 g/mol. The molecule has 0 radical (unpaired) electrons. The minimum Gasteiger partial charge on any atom is -0.500 e. The topological polar surface area (TPSA) is 122 Å². The first kappa shape index (κ1) is 21.0. The van der Waals surface area contributed by atoms with Crippen molar-refractivity contribution in [3.63, 3.8) is 0 Å². The number of carbonyl (C=O) groups is 2. The largest absolute Gasteiger partial charge is 0.500 e. The SMILES string of the molecule is COc1cc(/C=N/N2C(=O)C3C4c5ccccc5C(c5ccccc54)C3C2=O)cc([N+](=O)[O-])c1O. The Hall–Kier alpha value is -4.53. The monoisotopic (exact) mass is 469 g/mol. The summed E-state index contributed by atoms with van der Waals surface area (Å²) in [6.07, 6.45) is 1.20. The van der Waals surface area contributed by atoms with Gasteiger partial charge < -0.3 is 9.84 Å². The van der Waals surface area contributed by atoms with E-state index in [0.717, 1.165) is 33.3 Å². The standard InChI is InChI=1S/C26H19N3O6/c1-35-19-11-13(10-18(24(19)30)29(33)34)12-27-28-25(31)22-20-14-6-2-3-7-15(14)21(23(22)26(28)32)17-9-5-4-8-16(17)20/h2-12,20-23,30H,1H3/b27-12+. The highest BCUT2D eigenvalue weighted by Gasteiger charge is 2.61. The molecule has 2 amide bonds. The fraction of sp³-hybridized carbons (Fsp3) is 0.192. The maximum Gasteiger partial charge on any atom is 0.315 e. The third kappa shape index (κ3) is 2.84. The first-order chi connectivity index (χ1) is 16.9. The molecule has 1 heterocycles. The number of phenolic OH excluding ortho intramolecular Hbond substituents is 1. The predicted molar refractivity (Wildman–Crippen MR) is 124 cm³/mol. The van der Waals surface area contributed by atoms with Crippen molar-refractivity contribution in [3.8, 4) is 11.5 Å². The minimum atomic E-state index is -0.748. The van der Waals surface area contributed by atoms with Crippen LogP contribution in [0.5, 0.6) is 11.5 Å². The van der Waals surface area contributed by atoms with Gasteiger partial charge >= 0.3 is 5.69 Å². The molecular formula is C26H19N3O6. The third-order valence-corrected chi connectivity index (χ3v) is 7.24. The number of ether oxygens (including phenoxy) is 1. The van der Waals surface area contributed by atoms with Crippen LogP contribution in [-0.4, -0.2) is 40.2 Å². The van der Waals surface area contributed by atoms with Crippen molar-refractivity contribution in [2.24, 2.45) is 16.9 Å². The molecule has 0 aromatic heterocycles. The lowest BCUT2D eigenvalue weighted by Crippen LogP contribution is -2.41. The number of carbonyl (C=O) groups excluding carboxylic acids is 2. The molecule has 9 nitrogen and oxygen atoms in total. The van der Waals surface area contributed by atoms with E-state index in [1.807, 2.05) is 48.5 Å². The van der Waals surface area contributed by atoms with Gasteiger partial charge in [-0.3, -0.25) is 19.7 Å². The van der Waals surface area contributed by atoms with E-state index in [-0.39, 0.29) is 23.1 Å². The Morgan fingerprint density at radius 2 is 1.43 bits per heavy atom. The third-order valence-electron chi connectivity index (χ3n) is 7.24. The lowest BCUT2D eigenvalue weighted by atomic mass is 9.55. The number of nitrogens with zero attached hydrogens (tertiary/aromatic N) is 3. The Bertz CT molecular complexity index is 1350. The van der Waals surface area contributed by atoms with Gasteiger partial charge in [0.05, 0.1) is 30.1 Å². The van der Waals surface area contributed by atoms with Crippen LogP contribution in [-0.2, 0) is 9.59 Å². The van der Waals surface area contributed by atoms with Gasteiger partial charge in [0.25, 0.3) is 11.8 Å². The van der Waals surface area contributed by atoms with Gasteiger partial charge in [0.2, 0.25) is 5.75 Å². The van der Waals surface area contributed by atoms with Gasteiger partial charge in [-0.1, -0.05) is 48.5 Å². The number of methoxy groups -OCH3 is 1. The second-order valence-electron chi connectivity index (χ2n) is 8.85. The molecule has 0 spiro atoms. The van der Waals surface area contributed by atoms with E-state index in [0.29, 0.717) is 0 Å². The number of phenols is 1. The number of nitro groups is 1. The number of hydrazone groups is 1. The average Bonchev–Trinajstić information content (AvgIpc) is 3.13. The fourth-order valence-electron chi connectivity index (χ4n) is 5.88. The van der Waals surface area contributed by atoms with E-state index in [1.54, 1.807) is 0 Å². The van der Waals surface area contributed by atoms with Crippen LogP contribution in [0.15, 0.2) is 65.8 Å². The van der Waals surface area contributed by atoms with E-state index in [9.17, 15) is 24.8 Å². The van der Waals surface area contributed by atoms with Crippen molar-refractivity contribution in [3.05, 3.63) is 98.6 Å². The maximum atomic E-state index is 13.6.